The average molecular weight is 457 g/mol. The standard InChI is InChI=1S/C25H32N2O4S/c1-19(28)31-21(18-30-24-11-5-7-20-8-6-16-32-25(20)24)17-26-12-14-27(15-13-26)22-9-3-4-10-23(22)29-2/h3-5,7,9-11,21H,6,8,12-18H2,1-2H3. The first-order chi connectivity index (χ1) is 15.6. The van der Waals surface area contributed by atoms with Gasteiger partial charge in [0, 0.05) is 39.6 Å². The normalized spacial score (nSPS) is 17.4. The number of nitrogens with zero attached hydrogens (tertiary/aromatic N) is 2. The number of anilines is 1. The minimum absolute atomic E-state index is 0.268. The van der Waals surface area contributed by atoms with Crippen molar-refractivity contribution in [1.29, 1.82) is 0 Å². The van der Waals surface area contributed by atoms with Crippen LogP contribution in [0.2, 0.25) is 0 Å². The van der Waals surface area contributed by atoms with Gasteiger partial charge in [0.2, 0.25) is 0 Å². The molecule has 0 amide bonds. The van der Waals surface area contributed by atoms with E-state index in [0.29, 0.717) is 13.2 Å². The molecule has 2 heterocycles. The van der Waals surface area contributed by atoms with Gasteiger partial charge in [-0.1, -0.05) is 24.3 Å². The molecule has 0 aliphatic carbocycles. The molecule has 1 unspecified atom stereocenters. The second-order valence-corrected chi connectivity index (χ2v) is 9.30. The van der Waals surface area contributed by atoms with Crippen LogP contribution in [0.25, 0.3) is 0 Å². The lowest BCUT2D eigenvalue weighted by atomic mass is 10.1. The second kappa shape index (κ2) is 11.0. The molecular formula is C25H32N2O4S. The number of carbonyl (C=O) groups excluding carboxylic acids is 1. The number of piperazine rings is 1. The molecule has 7 heteroatoms. The van der Waals surface area contributed by atoms with E-state index in [4.69, 9.17) is 14.2 Å². The Bertz CT molecular complexity index is 915. The number of para-hydroxylation sites is 2. The van der Waals surface area contributed by atoms with Crippen molar-refractivity contribution in [2.24, 2.45) is 0 Å². The van der Waals surface area contributed by atoms with Crippen molar-refractivity contribution < 1.29 is 19.0 Å². The Labute approximate surface area is 194 Å². The molecule has 0 N–H and O–H groups in total. The molecule has 2 aromatic carbocycles. The van der Waals surface area contributed by atoms with Crippen LogP contribution in [0, 0.1) is 0 Å². The van der Waals surface area contributed by atoms with Gasteiger partial charge >= 0.3 is 5.97 Å². The molecule has 172 valence electrons. The van der Waals surface area contributed by atoms with Crippen molar-refractivity contribution >= 4 is 23.4 Å². The molecular weight excluding hydrogens is 424 g/mol. The smallest absolute Gasteiger partial charge is 0.303 e. The number of hydrogen-bond acceptors (Lipinski definition) is 7. The zero-order valence-corrected chi connectivity index (χ0v) is 19.7. The van der Waals surface area contributed by atoms with Gasteiger partial charge in [-0.2, -0.15) is 0 Å². The number of hydrogen-bond donors (Lipinski definition) is 0. The molecule has 0 saturated carbocycles. The van der Waals surface area contributed by atoms with Gasteiger partial charge in [-0.15, -0.1) is 11.8 Å². The summed E-state index contributed by atoms with van der Waals surface area (Å²) in [6.07, 6.45) is 2.01. The Morgan fingerprint density at radius 3 is 2.62 bits per heavy atom. The molecule has 2 aromatic rings. The molecule has 0 bridgehead atoms. The predicted molar refractivity (Wildman–Crippen MR) is 128 cm³/mol. The van der Waals surface area contributed by atoms with Crippen LogP contribution < -0.4 is 14.4 Å². The first-order valence-corrected chi connectivity index (χ1v) is 12.3. The maximum atomic E-state index is 11.7. The fourth-order valence-electron chi connectivity index (χ4n) is 4.36. The van der Waals surface area contributed by atoms with Crippen molar-refractivity contribution in [2.45, 2.75) is 30.8 Å². The van der Waals surface area contributed by atoms with Gasteiger partial charge in [-0.05, 0) is 42.4 Å². The Morgan fingerprint density at radius 2 is 1.84 bits per heavy atom. The lowest BCUT2D eigenvalue weighted by Crippen LogP contribution is -2.50. The van der Waals surface area contributed by atoms with Crippen LogP contribution in [0.3, 0.4) is 0 Å². The highest BCUT2D eigenvalue weighted by Gasteiger charge is 2.24. The summed E-state index contributed by atoms with van der Waals surface area (Å²) >= 11 is 1.86. The summed E-state index contributed by atoms with van der Waals surface area (Å²) in [6, 6.07) is 14.4. The Hall–Kier alpha value is -2.38. The fraction of sp³-hybridized carbons (Fsp3) is 0.480. The molecule has 6 nitrogen and oxygen atoms in total. The minimum Gasteiger partial charge on any atom is -0.495 e. The highest BCUT2D eigenvalue weighted by atomic mass is 32.2. The van der Waals surface area contributed by atoms with Crippen molar-refractivity contribution in [3.8, 4) is 11.5 Å². The molecule has 0 radical (unpaired) electrons. The van der Waals surface area contributed by atoms with Gasteiger partial charge in [0.15, 0.2) is 0 Å². The maximum absolute atomic E-state index is 11.7. The van der Waals surface area contributed by atoms with Crippen molar-refractivity contribution in [1.82, 2.24) is 4.90 Å². The third-order valence-electron chi connectivity index (χ3n) is 5.91. The third-order valence-corrected chi connectivity index (χ3v) is 7.16. The van der Waals surface area contributed by atoms with Gasteiger partial charge in [0.1, 0.15) is 24.2 Å². The van der Waals surface area contributed by atoms with E-state index in [9.17, 15) is 4.79 Å². The number of benzene rings is 2. The number of ether oxygens (including phenoxy) is 3. The van der Waals surface area contributed by atoms with Crippen LogP contribution >= 0.6 is 11.8 Å². The van der Waals surface area contributed by atoms with E-state index in [1.807, 2.05) is 36.0 Å². The molecule has 1 fully saturated rings. The topological polar surface area (TPSA) is 51.2 Å². The highest BCUT2D eigenvalue weighted by Crippen LogP contribution is 2.37. The van der Waals surface area contributed by atoms with Gasteiger partial charge < -0.3 is 19.1 Å². The summed E-state index contributed by atoms with van der Waals surface area (Å²) in [7, 11) is 1.71. The van der Waals surface area contributed by atoms with E-state index in [0.717, 1.165) is 55.5 Å². The largest absolute Gasteiger partial charge is 0.495 e. The molecule has 4 rings (SSSR count). The summed E-state index contributed by atoms with van der Waals surface area (Å²) in [5.74, 6) is 2.66. The Balaban J connectivity index is 1.34. The lowest BCUT2D eigenvalue weighted by Gasteiger charge is -2.37. The van der Waals surface area contributed by atoms with Gasteiger partial charge in [0.25, 0.3) is 0 Å². The van der Waals surface area contributed by atoms with Crippen LogP contribution in [0.4, 0.5) is 5.69 Å². The summed E-state index contributed by atoms with van der Waals surface area (Å²) in [5.41, 5.74) is 2.48. The van der Waals surface area contributed by atoms with Crippen LogP contribution in [-0.4, -0.2) is 69.2 Å². The number of carbonyl (C=O) groups is 1. The molecule has 2 aliphatic heterocycles. The molecule has 0 spiro atoms. The van der Waals surface area contributed by atoms with Crippen LogP contribution in [0.1, 0.15) is 18.9 Å². The summed E-state index contributed by atoms with van der Waals surface area (Å²) < 4.78 is 17.3. The second-order valence-electron chi connectivity index (χ2n) is 8.20. The number of thioether (sulfide) groups is 1. The van der Waals surface area contributed by atoms with Gasteiger partial charge in [-0.25, -0.2) is 0 Å². The number of esters is 1. The zero-order valence-electron chi connectivity index (χ0n) is 18.9. The molecule has 0 aromatic heterocycles. The van der Waals surface area contributed by atoms with Crippen molar-refractivity contribution in [3.63, 3.8) is 0 Å². The average Bonchev–Trinajstić information content (AvgIpc) is 2.82. The predicted octanol–water partition coefficient (Wildman–Crippen LogP) is 3.87. The monoisotopic (exact) mass is 456 g/mol. The Morgan fingerprint density at radius 1 is 1.06 bits per heavy atom. The number of fused-ring (bicyclic) bond motifs is 1. The summed E-state index contributed by atoms with van der Waals surface area (Å²) in [5, 5.41) is 0. The zero-order chi connectivity index (χ0) is 22.3. The van der Waals surface area contributed by atoms with Crippen molar-refractivity contribution in [3.05, 3.63) is 48.0 Å². The van der Waals surface area contributed by atoms with E-state index >= 15 is 0 Å². The van der Waals surface area contributed by atoms with E-state index in [-0.39, 0.29) is 12.1 Å². The number of methoxy groups -OCH3 is 1. The van der Waals surface area contributed by atoms with Crippen LogP contribution in [-0.2, 0) is 16.0 Å². The number of rotatable bonds is 8. The maximum Gasteiger partial charge on any atom is 0.303 e. The van der Waals surface area contributed by atoms with Crippen molar-refractivity contribution in [2.75, 3.05) is 57.1 Å². The minimum atomic E-state index is -0.297. The van der Waals surface area contributed by atoms with Gasteiger partial charge in [-0.3, -0.25) is 9.69 Å². The SMILES string of the molecule is COc1ccccc1N1CCN(CC(COc2cccc3c2SCCC3)OC(C)=O)CC1. The summed E-state index contributed by atoms with van der Waals surface area (Å²) in [4.78, 5) is 17.7. The Kier molecular flexibility index (Phi) is 7.81. The van der Waals surface area contributed by atoms with E-state index in [1.54, 1.807) is 7.11 Å². The first kappa shape index (κ1) is 22.8. The van der Waals surface area contributed by atoms with Crippen LogP contribution in [0.5, 0.6) is 11.5 Å². The highest BCUT2D eigenvalue weighted by molar-refractivity contribution is 7.99. The van der Waals surface area contributed by atoms with E-state index in [1.165, 1.54) is 23.8 Å². The molecule has 2 aliphatic rings. The first-order valence-electron chi connectivity index (χ1n) is 11.3. The number of aryl methyl sites for hydroxylation is 1. The molecule has 32 heavy (non-hydrogen) atoms. The quantitative estimate of drug-likeness (QED) is 0.559. The summed E-state index contributed by atoms with van der Waals surface area (Å²) in [6.45, 7) is 6.09. The van der Waals surface area contributed by atoms with E-state index in [2.05, 4.69) is 28.0 Å². The van der Waals surface area contributed by atoms with Gasteiger partial charge in [0.05, 0.1) is 17.7 Å². The van der Waals surface area contributed by atoms with Crippen LogP contribution in [0.15, 0.2) is 47.4 Å². The molecule has 1 atom stereocenters. The lowest BCUT2D eigenvalue weighted by molar-refractivity contribution is -0.148. The third kappa shape index (κ3) is 5.70. The fourth-order valence-corrected chi connectivity index (χ4v) is 5.48. The molecule has 1 saturated heterocycles. The van der Waals surface area contributed by atoms with E-state index < -0.39 is 0 Å².